The Bertz CT molecular complexity index is 363. The predicted molar refractivity (Wildman–Crippen MR) is 73.3 cm³/mol. The lowest BCUT2D eigenvalue weighted by molar-refractivity contribution is 0.0771. The summed E-state index contributed by atoms with van der Waals surface area (Å²) in [5, 5.41) is 12.8. The molecule has 1 aromatic rings. The maximum Gasteiger partial charge on any atom is 0.256 e. The van der Waals surface area contributed by atoms with Crippen LogP contribution in [0.4, 0.5) is 5.69 Å². The fourth-order valence-corrected chi connectivity index (χ4v) is 2.03. The van der Waals surface area contributed by atoms with E-state index in [1.165, 1.54) is 0 Å². The van der Waals surface area contributed by atoms with Gasteiger partial charge >= 0.3 is 0 Å². The minimum Gasteiger partial charge on any atom is -0.473 e. The number of aliphatic hydroxyl groups is 1. The first-order valence-electron chi connectivity index (χ1n) is 6.07. The van der Waals surface area contributed by atoms with Crippen LogP contribution in [0, 0.1) is 0 Å². The monoisotopic (exact) mass is 273 g/mol. The number of hydrogen-bond acceptors (Lipinski definition) is 5. The smallest absolute Gasteiger partial charge is 0.256 e. The van der Waals surface area contributed by atoms with E-state index in [9.17, 15) is 0 Å². The van der Waals surface area contributed by atoms with E-state index in [0.29, 0.717) is 18.3 Å². The van der Waals surface area contributed by atoms with Crippen molar-refractivity contribution < 1.29 is 14.6 Å². The molecule has 0 radical (unpaired) electrons. The zero-order valence-corrected chi connectivity index (χ0v) is 12.3. The molecule has 0 aliphatic rings. The number of ether oxygens (including phenoxy) is 2. The molecule has 0 saturated carbocycles. The summed E-state index contributed by atoms with van der Waals surface area (Å²) in [7, 11) is -1.05. The van der Waals surface area contributed by atoms with E-state index in [2.05, 4.69) is 24.7 Å². The van der Waals surface area contributed by atoms with Crippen LogP contribution in [-0.4, -0.2) is 42.8 Å². The number of aliphatic hydroxyl groups excluding tert-OH is 1. The van der Waals surface area contributed by atoms with E-state index < -0.39 is 8.07 Å². The van der Waals surface area contributed by atoms with Crippen LogP contribution in [-0.2, 0) is 11.5 Å². The zero-order chi connectivity index (χ0) is 13.6. The molecular weight excluding hydrogens is 250 g/mol. The highest BCUT2D eigenvalue weighted by molar-refractivity contribution is 6.76. The van der Waals surface area contributed by atoms with Crippen LogP contribution in [0.25, 0.3) is 0 Å². The van der Waals surface area contributed by atoms with Gasteiger partial charge in [-0.1, -0.05) is 19.6 Å². The van der Waals surface area contributed by atoms with Gasteiger partial charge in [0.25, 0.3) is 5.88 Å². The van der Waals surface area contributed by atoms with Crippen molar-refractivity contribution in [3.8, 4) is 5.88 Å². The Morgan fingerprint density at radius 1 is 1.39 bits per heavy atom. The third-order valence-corrected chi connectivity index (χ3v) is 4.01. The average Bonchev–Trinajstić information content (AvgIpc) is 2.61. The van der Waals surface area contributed by atoms with Gasteiger partial charge in [-0.15, -0.1) is 5.10 Å². The lowest BCUT2D eigenvalue weighted by atomic mass is 10.6. The normalized spacial score (nSPS) is 11.8. The molecule has 1 heterocycles. The van der Waals surface area contributed by atoms with E-state index >= 15 is 0 Å². The van der Waals surface area contributed by atoms with E-state index in [1.54, 1.807) is 10.9 Å². The summed E-state index contributed by atoms with van der Waals surface area (Å²) in [4.78, 5) is 0. The lowest BCUT2D eigenvalue weighted by Crippen LogP contribution is -2.22. The SMILES string of the molecule is C[Si](C)(C)CCOCn1cc(N)c(OCCO)n1. The third-order valence-electron chi connectivity index (χ3n) is 2.30. The molecule has 104 valence electrons. The summed E-state index contributed by atoms with van der Waals surface area (Å²) in [5.74, 6) is 0.345. The van der Waals surface area contributed by atoms with Crippen molar-refractivity contribution in [3.63, 3.8) is 0 Å². The molecule has 0 fully saturated rings. The number of nitrogens with two attached hydrogens (primary N) is 1. The average molecular weight is 273 g/mol. The summed E-state index contributed by atoms with van der Waals surface area (Å²) in [6, 6.07) is 1.12. The van der Waals surface area contributed by atoms with Crippen LogP contribution in [0.5, 0.6) is 5.88 Å². The molecule has 0 spiro atoms. The van der Waals surface area contributed by atoms with Crippen LogP contribution >= 0.6 is 0 Å². The van der Waals surface area contributed by atoms with Crippen LogP contribution in [0.2, 0.25) is 25.7 Å². The van der Waals surface area contributed by atoms with E-state index in [-0.39, 0.29) is 13.2 Å². The van der Waals surface area contributed by atoms with Crippen molar-refractivity contribution in [3.05, 3.63) is 6.20 Å². The standard InChI is InChI=1S/C11H23N3O3Si/c1-18(2,3)7-6-16-9-14-8-10(12)11(13-14)17-5-4-15/h8,15H,4-7,9,12H2,1-3H3. The van der Waals surface area contributed by atoms with E-state index in [1.807, 2.05) is 0 Å². The fourth-order valence-electron chi connectivity index (χ4n) is 1.28. The third kappa shape index (κ3) is 5.52. The molecule has 6 nitrogen and oxygen atoms in total. The molecule has 1 aromatic heterocycles. The largest absolute Gasteiger partial charge is 0.473 e. The second kappa shape index (κ2) is 6.77. The van der Waals surface area contributed by atoms with Gasteiger partial charge in [0.2, 0.25) is 0 Å². The molecule has 0 atom stereocenters. The van der Waals surface area contributed by atoms with Crippen molar-refractivity contribution in [2.24, 2.45) is 0 Å². The fraction of sp³-hybridized carbons (Fsp3) is 0.727. The highest BCUT2D eigenvalue weighted by Gasteiger charge is 2.12. The first-order valence-corrected chi connectivity index (χ1v) is 9.77. The Hall–Kier alpha value is -1.05. The maximum atomic E-state index is 8.65. The van der Waals surface area contributed by atoms with Gasteiger partial charge in [0.15, 0.2) is 0 Å². The van der Waals surface area contributed by atoms with Gasteiger partial charge in [0.1, 0.15) is 19.0 Å². The number of anilines is 1. The quantitative estimate of drug-likeness (QED) is 0.548. The molecule has 0 aliphatic heterocycles. The van der Waals surface area contributed by atoms with Gasteiger partial charge in [-0.3, -0.25) is 0 Å². The topological polar surface area (TPSA) is 82.5 Å². The second-order valence-corrected chi connectivity index (χ2v) is 11.0. The second-order valence-electron chi connectivity index (χ2n) is 5.35. The summed E-state index contributed by atoms with van der Waals surface area (Å²) < 4.78 is 12.3. The van der Waals surface area contributed by atoms with Crippen molar-refractivity contribution in [2.75, 3.05) is 25.6 Å². The zero-order valence-electron chi connectivity index (χ0n) is 11.3. The predicted octanol–water partition coefficient (Wildman–Crippen LogP) is 1.15. The molecule has 0 aliphatic carbocycles. The molecule has 0 saturated heterocycles. The Kier molecular flexibility index (Phi) is 5.64. The molecule has 3 N–H and O–H groups in total. The lowest BCUT2D eigenvalue weighted by Gasteiger charge is -2.15. The van der Waals surface area contributed by atoms with Crippen molar-refractivity contribution >= 4 is 13.8 Å². The molecule has 0 bridgehead atoms. The first-order chi connectivity index (χ1) is 8.42. The van der Waals surface area contributed by atoms with Gasteiger partial charge in [0, 0.05) is 14.7 Å². The highest BCUT2D eigenvalue weighted by atomic mass is 28.3. The number of rotatable bonds is 8. The van der Waals surface area contributed by atoms with Crippen molar-refractivity contribution in [2.45, 2.75) is 32.4 Å². The van der Waals surface area contributed by atoms with Crippen LogP contribution in [0.3, 0.4) is 0 Å². The summed E-state index contributed by atoms with van der Waals surface area (Å²) >= 11 is 0. The summed E-state index contributed by atoms with van der Waals surface area (Å²) in [6.07, 6.45) is 1.67. The van der Waals surface area contributed by atoms with Gasteiger partial charge in [-0.25, -0.2) is 4.68 Å². The first kappa shape index (κ1) is 15.0. The van der Waals surface area contributed by atoms with Gasteiger partial charge in [-0.2, -0.15) is 0 Å². The van der Waals surface area contributed by atoms with Crippen LogP contribution in [0.1, 0.15) is 0 Å². The van der Waals surface area contributed by atoms with Crippen molar-refractivity contribution in [1.29, 1.82) is 0 Å². The van der Waals surface area contributed by atoms with Gasteiger partial charge < -0.3 is 20.3 Å². The number of aromatic nitrogens is 2. The highest BCUT2D eigenvalue weighted by Crippen LogP contribution is 2.18. The molecule has 18 heavy (non-hydrogen) atoms. The summed E-state index contributed by atoms with van der Waals surface area (Å²) in [6.45, 7) is 8.17. The van der Waals surface area contributed by atoms with Crippen LogP contribution in [0.15, 0.2) is 6.20 Å². The van der Waals surface area contributed by atoms with Crippen LogP contribution < -0.4 is 10.5 Å². The number of nitrogens with zero attached hydrogens (tertiary/aromatic N) is 2. The maximum absolute atomic E-state index is 8.65. The molecule has 0 amide bonds. The molecule has 1 rings (SSSR count). The number of hydrogen-bond donors (Lipinski definition) is 2. The summed E-state index contributed by atoms with van der Waals surface area (Å²) in [5.41, 5.74) is 6.17. The number of nitrogen functional groups attached to an aromatic ring is 1. The van der Waals surface area contributed by atoms with Crippen molar-refractivity contribution in [1.82, 2.24) is 9.78 Å². The Balaban J connectivity index is 2.34. The Morgan fingerprint density at radius 2 is 2.11 bits per heavy atom. The molecular formula is C11H23N3O3Si. The molecule has 0 unspecified atom stereocenters. The van der Waals surface area contributed by atoms with E-state index in [0.717, 1.165) is 12.7 Å². The molecule has 7 heteroatoms. The Morgan fingerprint density at radius 3 is 2.72 bits per heavy atom. The minimum atomic E-state index is -1.05. The van der Waals surface area contributed by atoms with Gasteiger partial charge in [0.05, 0.1) is 12.8 Å². The molecule has 0 aromatic carbocycles. The van der Waals surface area contributed by atoms with Gasteiger partial charge in [-0.05, 0) is 6.04 Å². The minimum absolute atomic E-state index is 0.0565. The van der Waals surface area contributed by atoms with E-state index in [4.69, 9.17) is 20.3 Å². The Labute approximate surface area is 109 Å².